The van der Waals surface area contributed by atoms with E-state index in [9.17, 15) is 14.0 Å². The van der Waals surface area contributed by atoms with Crippen LogP contribution in [0.3, 0.4) is 0 Å². The number of hydrogen-bond donors (Lipinski definition) is 3. The van der Waals surface area contributed by atoms with Crippen molar-refractivity contribution in [3.05, 3.63) is 77.2 Å². The molecule has 0 atom stereocenters. The van der Waals surface area contributed by atoms with E-state index in [0.29, 0.717) is 42.7 Å². The fourth-order valence-corrected chi connectivity index (χ4v) is 4.90. The van der Waals surface area contributed by atoms with Crippen LogP contribution in [0.15, 0.2) is 59.6 Å². The fraction of sp³-hybridized carbons (Fsp3) is 0.345. The molecule has 0 radical (unpaired) electrons. The molecule has 1 saturated carbocycles. The number of rotatable bonds is 10. The van der Waals surface area contributed by atoms with Crippen LogP contribution >= 0.6 is 11.8 Å². The van der Waals surface area contributed by atoms with Crippen molar-refractivity contribution in [2.75, 3.05) is 19.5 Å². The molecule has 1 aliphatic rings. The van der Waals surface area contributed by atoms with Gasteiger partial charge in [0.2, 0.25) is 5.88 Å². The number of ether oxygens (including phenoxy) is 2. The minimum atomic E-state index is -0.629. The number of aromatic nitrogens is 1. The van der Waals surface area contributed by atoms with E-state index in [1.165, 1.54) is 0 Å². The van der Waals surface area contributed by atoms with E-state index in [1.54, 1.807) is 30.0 Å². The Bertz CT molecular complexity index is 1310. The van der Waals surface area contributed by atoms with Crippen molar-refractivity contribution in [1.29, 1.82) is 0 Å². The highest BCUT2D eigenvalue weighted by Crippen LogP contribution is 2.28. The van der Waals surface area contributed by atoms with Crippen LogP contribution in [0, 0.1) is 12.7 Å². The maximum Gasteiger partial charge on any atom is 0.257 e. The Morgan fingerprint density at radius 1 is 1.03 bits per heavy atom. The number of amides is 2. The number of carbonyl (C=O) groups is 2. The Morgan fingerprint density at radius 2 is 1.72 bits per heavy atom. The van der Waals surface area contributed by atoms with E-state index < -0.39 is 11.7 Å². The number of aryl methyl sites for hydroxylation is 1. The summed E-state index contributed by atoms with van der Waals surface area (Å²) in [5.41, 5.74) is 1.39. The highest BCUT2D eigenvalue weighted by Gasteiger charge is 2.26. The average molecular weight is 554 g/mol. The van der Waals surface area contributed by atoms with Crippen LogP contribution in [0.25, 0.3) is 0 Å². The summed E-state index contributed by atoms with van der Waals surface area (Å²) in [5, 5.41) is 15.1. The van der Waals surface area contributed by atoms with Gasteiger partial charge >= 0.3 is 0 Å². The Hall–Kier alpha value is -3.63. The molecule has 39 heavy (non-hydrogen) atoms. The van der Waals surface area contributed by atoms with Crippen molar-refractivity contribution in [3.8, 4) is 17.4 Å². The molecule has 0 saturated heterocycles. The van der Waals surface area contributed by atoms with Crippen molar-refractivity contribution >= 4 is 23.6 Å². The second-order valence-electron chi connectivity index (χ2n) is 9.35. The molecular formula is C29H32FN3O5S. The van der Waals surface area contributed by atoms with Crippen LogP contribution < -0.4 is 20.1 Å². The predicted octanol–water partition coefficient (Wildman–Crippen LogP) is 4.89. The summed E-state index contributed by atoms with van der Waals surface area (Å²) in [6.07, 6.45) is 5.60. The lowest BCUT2D eigenvalue weighted by atomic mass is 9.90. The maximum atomic E-state index is 14.0. The lowest BCUT2D eigenvalue weighted by Gasteiger charge is -2.30. The van der Waals surface area contributed by atoms with Crippen molar-refractivity contribution in [2.45, 2.75) is 49.6 Å². The number of benzene rings is 2. The number of pyridine rings is 1. The third kappa shape index (κ3) is 7.70. The molecule has 10 heteroatoms. The van der Waals surface area contributed by atoms with Crippen LogP contribution in [-0.2, 0) is 0 Å². The summed E-state index contributed by atoms with van der Waals surface area (Å²) < 4.78 is 25.4. The number of hydrogen-bond acceptors (Lipinski definition) is 7. The maximum absolute atomic E-state index is 14.0. The zero-order valence-electron chi connectivity index (χ0n) is 21.9. The van der Waals surface area contributed by atoms with E-state index in [1.807, 2.05) is 37.4 Å². The molecule has 0 bridgehead atoms. The number of nitrogens with zero attached hydrogens (tertiary/aromatic N) is 1. The number of halogens is 1. The minimum Gasteiger partial charge on any atom is -0.490 e. The van der Waals surface area contributed by atoms with Crippen LogP contribution in [0.5, 0.6) is 17.4 Å². The van der Waals surface area contributed by atoms with Gasteiger partial charge in [-0.3, -0.25) is 9.59 Å². The van der Waals surface area contributed by atoms with E-state index in [4.69, 9.17) is 14.6 Å². The topological polar surface area (TPSA) is 110 Å². The molecule has 1 heterocycles. The Morgan fingerprint density at radius 3 is 2.38 bits per heavy atom. The monoisotopic (exact) mass is 553 g/mol. The molecule has 2 aromatic carbocycles. The summed E-state index contributed by atoms with van der Waals surface area (Å²) in [7, 11) is 0. The first-order chi connectivity index (χ1) is 18.9. The third-order valence-electron chi connectivity index (χ3n) is 6.45. The molecule has 2 amide bonds. The lowest BCUT2D eigenvalue weighted by Crippen LogP contribution is -2.44. The smallest absolute Gasteiger partial charge is 0.257 e. The Kier molecular flexibility index (Phi) is 9.78. The summed E-state index contributed by atoms with van der Waals surface area (Å²) in [6.45, 7) is 1.86. The van der Waals surface area contributed by atoms with Gasteiger partial charge in [-0.2, -0.15) is 0 Å². The zero-order chi connectivity index (χ0) is 27.8. The standard InChI is InChI=1S/C29H32FN3O5S/c1-18-6-11-24(26(14-18)37-13-12-34)27(35)32-20-7-9-21(10-8-20)33-28(36)25-15-19(30)17-31-29(25)38-22-4-3-5-23(16-22)39-2/h3-6,11,14-17,20-21,34H,7-10,12-13H2,1-2H3,(H,32,35)(H,33,36). The van der Waals surface area contributed by atoms with Crippen LogP contribution in [0.4, 0.5) is 4.39 Å². The third-order valence-corrected chi connectivity index (χ3v) is 7.17. The first-order valence-electron chi connectivity index (χ1n) is 12.8. The molecule has 3 N–H and O–H groups in total. The van der Waals surface area contributed by atoms with Crippen LogP contribution in [-0.4, -0.2) is 53.5 Å². The minimum absolute atomic E-state index is 0.0229. The molecule has 206 valence electrons. The molecule has 0 aliphatic heterocycles. The summed E-state index contributed by atoms with van der Waals surface area (Å²) in [4.78, 5) is 31.0. The normalized spacial score (nSPS) is 16.8. The Balaban J connectivity index is 1.35. The largest absolute Gasteiger partial charge is 0.490 e. The average Bonchev–Trinajstić information content (AvgIpc) is 2.94. The number of thioether (sulfide) groups is 1. The predicted molar refractivity (Wildman–Crippen MR) is 147 cm³/mol. The van der Waals surface area contributed by atoms with Gasteiger partial charge in [0.05, 0.1) is 18.4 Å². The number of carbonyl (C=O) groups excluding carboxylic acids is 2. The van der Waals surface area contributed by atoms with Gasteiger partial charge in [-0.1, -0.05) is 12.1 Å². The summed E-state index contributed by atoms with van der Waals surface area (Å²) >= 11 is 1.56. The number of aliphatic hydroxyl groups is 1. The van der Waals surface area contributed by atoms with Crippen LogP contribution in [0.1, 0.15) is 52.0 Å². The van der Waals surface area contributed by atoms with Gasteiger partial charge < -0.3 is 25.2 Å². The van der Waals surface area contributed by atoms with Crippen molar-refractivity contribution < 1.29 is 28.6 Å². The highest BCUT2D eigenvalue weighted by atomic mass is 32.2. The molecule has 8 nitrogen and oxygen atoms in total. The van der Waals surface area contributed by atoms with Gasteiger partial charge in [0.15, 0.2) is 0 Å². The first-order valence-corrected chi connectivity index (χ1v) is 14.0. The fourth-order valence-electron chi connectivity index (χ4n) is 4.45. The Labute approximate surface area is 231 Å². The second kappa shape index (κ2) is 13.4. The van der Waals surface area contributed by atoms with E-state index in [0.717, 1.165) is 22.7 Å². The molecule has 4 rings (SSSR count). The van der Waals surface area contributed by atoms with E-state index in [-0.39, 0.29) is 42.6 Å². The van der Waals surface area contributed by atoms with Gasteiger partial charge in [-0.25, -0.2) is 9.37 Å². The number of nitrogens with one attached hydrogen (secondary N) is 2. The van der Waals surface area contributed by atoms with Crippen LogP contribution in [0.2, 0.25) is 0 Å². The van der Waals surface area contributed by atoms with Gasteiger partial charge in [-0.15, -0.1) is 11.8 Å². The van der Waals surface area contributed by atoms with Crippen molar-refractivity contribution in [1.82, 2.24) is 15.6 Å². The second-order valence-corrected chi connectivity index (χ2v) is 10.2. The SMILES string of the molecule is CSc1cccc(Oc2ncc(F)cc2C(=O)NC2CCC(NC(=O)c3ccc(C)cc3OCCO)CC2)c1. The van der Waals surface area contributed by atoms with E-state index >= 15 is 0 Å². The molecule has 1 aliphatic carbocycles. The molecule has 3 aromatic rings. The summed E-state index contributed by atoms with van der Waals surface area (Å²) in [6, 6.07) is 13.6. The first kappa shape index (κ1) is 28.4. The molecular weight excluding hydrogens is 521 g/mol. The molecule has 1 fully saturated rings. The molecule has 0 unspecified atom stereocenters. The zero-order valence-corrected chi connectivity index (χ0v) is 22.7. The van der Waals surface area contributed by atoms with Gasteiger partial charge in [0.25, 0.3) is 11.8 Å². The quantitative estimate of drug-likeness (QED) is 0.307. The van der Waals surface area contributed by atoms with Crippen molar-refractivity contribution in [2.24, 2.45) is 0 Å². The molecule has 0 spiro atoms. The molecule has 1 aromatic heterocycles. The lowest BCUT2D eigenvalue weighted by molar-refractivity contribution is 0.0887. The van der Waals surface area contributed by atoms with Gasteiger partial charge in [-0.05, 0) is 80.8 Å². The van der Waals surface area contributed by atoms with E-state index in [2.05, 4.69) is 15.6 Å². The summed E-state index contributed by atoms with van der Waals surface area (Å²) in [5.74, 6) is -0.362. The van der Waals surface area contributed by atoms with Gasteiger partial charge in [0.1, 0.15) is 29.5 Å². The van der Waals surface area contributed by atoms with Crippen molar-refractivity contribution in [3.63, 3.8) is 0 Å². The number of aliphatic hydroxyl groups excluding tert-OH is 1. The van der Waals surface area contributed by atoms with Gasteiger partial charge in [0, 0.05) is 17.0 Å². The highest BCUT2D eigenvalue weighted by molar-refractivity contribution is 7.98.